The van der Waals surface area contributed by atoms with Crippen molar-refractivity contribution in [2.75, 3.05) is 0 Å². The molecule has 0 amide bonds. The first-order valence-electron chi connectivity index (χ1n) is 4.54. The van der Waals surface area contributed by atoms with Gasteiger partial charge in [0.25, 0.3) is 0 Å². The molecule has 4 nitrogen and oxygen atoms in total. The Balaban J connectivity index is 2.87. The van der Waals surface area contributed by atoms with Crippen LogP contribution in [0.25, 0.3) is 0 Å². The van der Waals surface area contributed by atoms with E-state index in [1.807, 2.05) is 0 Å². The predicted octanol–water partition coefficient (Wildman–Crippen LogP) is 1.47. The normalized spacial score (nSPS) is 12.1. The predicted molar refractivity (Wildman–Crippen MR) is 54.0 cm³/mol. The minimum atomic E-state index is -0.879. The molecule has 0 aromatic heterocycles. The molecule has 0 unspecified atom stereocenters. The van der Waals surface area contributed by atoms with Gasteiger partial charge in [0.05, 0.1) is 11.5 Å². The Kier molecular flexibility index (Phi) is 3.44. The number of carbonyl (C=O) groups is 2. The van der Waals surface area contributed by atoms with E-state index in [9.17, 15) is 14.7 Å². The summed E-state index contributed by atoms with van der Waals surface area (Å²) in [5.74, 6) is -1.47. The number of carboxylic acid groups (broad SMARTS) is 1. The first-order chi connectivity index (χ1) is 7.04. The van der Waals surface area contributed by atoms with Crippen LogP contribution in [0.4, 0.5) is 0 Å². The number of hydrogen-bond donors (Lipinski definition) is 2. The van der Waals surface area contributed by atoms with E-state index in [4.69, 9.17) is 5.11 Å². The Bertz CT molecular complexity index is 384. The lowest BCUT2D eigenvalue weighted by atomic mass is 9.99. The zero-order valence-electron chi connectivity index (χ0n) is 8.30. The molecule has 0 spiro atoms. The highest BCUT2D eigenvalue weighted by Gasteiger charge is 2.12. The Hall–Kier alpha value is -1.84. The Labute approximate surface area is 87.2 Å². The summed E-state index contributed by atoms with van der Waals surface area (Å²) in [4.78, 5) is 21.1. The molecule has 0 saturated heterocycles. The molecule has 0 aliphatic heterocycles. The van der Waals surface area contributed by atoms with Crippen LogP contribution in [0.1, 0.15) is 22.8 Å². The third-order valence-corrected chi connectivity index (χ3v) is 2.18. The molecule has 0 fully saturated rings. The smallest absolute Gasteiger partial charge is 0.306 e. The van der Waals surface area contributed by atoms with E-state index in [0.29, 0.717) is 12.7 Å². The Morgan fingerprint density at radius 2 is 2.20 bits per heavy atom. The molecule has 2 N–H and O–H groups in total. The van der Waals surface area contributed by atoms with Crippen molar-refractivity contribution in [1.82, 2.24) is 0 Å². The Morgan fingerprint density at radius 1 is 1.53 bits per heavy atom. The molecule has 80 valence electrons. The van der Waals surface area contributed by atoms with Gasteiger partial charge in [-0.3, -0.25) is 9.59 Å². The number of rotatable bonds is 4. The standard InChI is InChI=1S/C11H12O4/c1-7(11(14)15)4-8-2-3-10(13)9(5-8)6-12/h2-3,5-7,13H,4H2,1H3,(H,14,15)/t7-/m0/s1. The van der Waals surface area contributed by atoms with E-state index in [2.05, 4.69) is 0 Å². The van der Waals surface area contributed by atoms with Crippen LogP contribution in [-0.4, -0.2) is 22.5 Å². The number of aromatic hydroxyl groups is 1. The van der Waals surface area contributed by atoms with Gasteiger partial charge in [0.1, 0.15) is 5.75 Å². The van der Waals surface area contributed by atoms with Crippen LogP contribution in [-0.2, 0) is 11.2 Å². The van der Waals surface area contributed by atoms with Crippen LogP contribution in [0.5, 0.6) is 5.75 Å². The maximum Gasteiger partial charge on any atom is 0.306 e. The lowest BCUT2D eigenvalue weighted by Gasteiger charge is -2.07. The largest absolute Gasteiger partial charge is 0.507 e. The number of aldehydes is 1. The van der Waals surface area contributed by atoms with E-state index in [1.54, 1.807) is 13.0 Å². The second-order valence-electron chi connectivity index (χ2n) is 3.45. The monoisotopic (exact) mass is 208 g/mol. The van der Waals surface area contributed by atoms with Gasteiger partial charge in [0, 0.05) is 0 Å². The molecular weight excluding hydrogens is 196 g/mol. The zero-order chi connectivity index (χ0) is 11.4. The van der Waals surface area contributed by atoms with Crippen molar-refractivity contribution in [3.05, 3.63) is 29.3 Å². The second-order valence-corrected chi connectivity index (χ2v) is 3.45. The molecule has 4 heteroatoms. The van der Waals surface area contributed by atoms with Crippen LogP contribution in [0.3, 0.4) is 0 Å². The summed E-state index contributed by atoms with van der Waals surface area (Å²) >= 11 is 0. The van der Waals surface area contributed by atoms with Gasteiger partial charge in [-0.1, -0.05) is 13.0 Å². The molecular formula is C11H12O4. The van der Waals surface area contributed by atoms with Crippen molar-refractivity contribution in [2.24, 2.45) is 5.92 Å². The van der Waals surface area contributed by atoms with Gasteiger partial charge in [-0.25, -0.2) is 0 Å². The van der Waals surface area contributed by atoms with E-state index < -0.39 is 11.9 Å². The first kappa shape index (κ1) is 11.2. The highest BCUT2D eigenvalue weighted by molar-refractivity contribution is 5.79. The zero-order valence-corrected chi connectivity index (χ0v) is 8.30. The summed E-state index contributed by atoms with van der Waals surface area (Å²) in [6.07, 6.45) is 0.890. The van der Waals surface area contributed by atoms with Crippen molar-refractivity contribution >= 4 is 12.3 Å². The topological polar surface area (TPSA) is 74.6 Å². The highest BCUT2D eigenvalue weighted by Crippen LogP contribution is 2.18. The molecule has 0 bridgehead atoms. The van der Waals surface area contributed by atoms with Crippen molar-refractivity contribution < 1.29 is 19.8 Å². The number of phenols is 1. The fourth-order valence-electron chi connectivity index (χ4n) is 1.27. The second kappa shape index (κ2) is 4.59. The third-order valence-electron chi connectivity index (χ3n) is 2.18. The van der Waals surface area contributed by atoms with Gasteiger partial charge >= 0.3 is 5.97 Å². The molecule has 0 radical (unpaired) electrons. The molecule has 1 aromatic rings. The van der Waals surface area contributed by atoms with Gasteiger partial charge in [0.15, 0.2) is 6.29 Å². The SMILES string of the molecule is C[C@@H](Cc1ccc(O)c(C=O)c1)C(=O)O. The van der Waals surface area contributed by atoms with Gasteiger partial charge in [-0.2, -0.15) is 0 Å². The highest BCUT2D eigenvalue weighted by atomic mass is 16.4. The summed E-state index contributed by atoms with van der Waals surface area (Å²) in [6.45, 7) is 1.59. The van der Waals surface area contributed by atoms with E-state index in [1.165, 1.54) is 12.1 Å². The Morgan fingerprint density at radius 3 is 2.73 bits per heavy atom. The fourth-order valence-corrected chi connectivity index (χ4v) is 1.27. The summed E-state index contributed by atoms with van der Waals surface area (Å²) in [5, 5.41) is 17.9. The molecule has 1 rings (SSSR count). The molecule has 0 heterocycles. The summed E-state index contributed by atoms with van der Waals surface area (Å²) < 4.78 is 0. The molecule has 15 heavy (non-hydrogen) atoms. The van der Waals surface area contributed by atoms with Crippen LogP contribution < -0.4 is 0 Å². The molecule has 0 saturated carbocycles. The maximum absolute atomic E-state index is 10.6. The van der Waals surface area contributed by atoms with E-state index in [-0.39, 0.29) is 11.3 Å². The van der Waals surface area contributed by atoms with Crippen molar-refractivity contribution in [2.45, 2.75) is 13.3 Å². The molecule has 0 aliphatic rings. The lowest BCUT2D eigenvalue weighted by molar-refractivity contribution is -0.141. The lowest BCUT2D eigenvalue weighted by Crippen LogP contribution is -2.12. The van der Waals surface area contributed by atoms with Crippen molar-refractivity contribution in [3.63, 3.8) is 0 Å². The van der Waals surface area contributed by atoms with Crippen LogP contribution in [0.2, 0.25) is 0 Å². The number of hydrogen-bond acceptors (Lipinski definition) is 3. The summed E-state index contributed by atoms with van der Waals surface area (Å²) in [6, 6.07) is 4.51. The quantitative estimate of drug-likeness (QED) is 0.735. The van der Waals surface area contributed by atoms with E-state index >= 15 is 0 Å². The van der Waals surface area contributed by atoms with Crippen LogP contribution in [0, 0.1) is 5.92 Å². The minimum absolute atomic E-state index is 0.0864. The maximum atomic E-state index is 10.6. The number of aliphatic carboxylic acids is 1. The number of phenolic OH excluding ortho intramolecular Hbond substituents is 1. The van der Waals surface area contributed by atoms with Crippen LogP contribution >= 0.6 is 0 Å². The molecule has 1 aromatic carbocycles. The fraction of sp³-hybridized carbons (Fsp3) is 0.273. The third kappa shape index (κ3) is 2.80. The summed E-state index contributed by atoms with van der Waals surface area (Å²) in [5.41, 5.74) is 0.912. The number of benzene rings is 1. The van der Waals surface area contributed by atoms with Crippen molar-refractivity contribution in [1.29, 1.82) is 0 Å². The number of carboxylic acids is 1. The first-order valence-corrected chi connectivity index (χ1v) is 4.54. The average Bonchev–Trinajstić information content (AvgIpc) is 2.20. The van der Waals surface area contributed by atoms with Gasteiger partial charge < -0.3 is 10.2 Å². The number of carbonyl (C=O) groups excluding carboxylic acids is 1. The van der Waals surface area contributed by atoms with Gasteiger partial charge in [-0.05, 0) is 24.1 Å². The molecule has 1 atom stereocenters. The summed E-state index contributed by atoms with van der Waals surface area (Å²) in [7, 11) is 0. The van der Waals surface area contributed by atoms with Crippen molar-refractivity contribution in [3.8, 4) is 5.75 Å². The van der Waals surface area contributed by atoms with E-state index in [0.717, 1.165) is 5.56 Å². The van der Waals surface area contributed by atoms with Crippen LogP contribution in [0.15, 0.2) is 18.2 Å². The van der Waals surface area contributed by atoms with Gasteiger partial charge in [-0.15, -0.1) is 0 Å². The minimum Gasteiger partial charge on any atom is -0.507 e. The van der Waals surface area contributed by atoms with Gasteiger partial charge in [0.2, 0.25) is 0 Å². The molecule has 0 aliphatic carbocycles. The average molecular weight is 208 g/mol.